The fourth-order valence-corrected chi connectivity index (χ4v) is 1.91. The van der Waals surface area contributed by atoms with Gasteiger partial charge in [-0.25, -0.2) is 0 Å². The van der Waals surface area contributed by atoms with Crippen LogP contribution in [0.2, 0.25) is 0 Å². The fraction of sp³-hybridized carbons (Fsp3) is 0.727. The first kappa shape index (κ1) is 11.3. The Morgan fingerprint density at radius 1 is 1.50 bits per heavy atom. The van der Waals surface area contributed by atoms with Crippen molar-refractivity contribution in [3.05, 3.63) is 11.7 Å². The minimum Gasteiger partial charge on any atom is -0.339 e. The lowest BCUT2D eigenvalue weighted by Gasteiger charge is -2.05. The van der Waals surface area contributed by atoms with E-state index in [0.717, 1.165) is 25.8 Å². The summed E-state index contributed by atoms with van der Waals surface area (Å²) in [6.07, 6.45) is 3.21. The summed E-state index contributed by atoms with van der Waals surface area (Å²) in [7, 11) is 4.00. The molecule has 88 valence electrons. The molecule has 0 aliphatic heterocycles. The number of carbonyl (C=O) groups is 1. The molecule has 1 heterocycles. The molecule has 1 saturated carbocycles. The average molecular weight is 223 g/mol. The van der Waals surface area contributed by atoms with Gasteiger partial charge < -0.3 is 9.42 Å². The van der Waals surface area contributed by atoms with E-state index in [-0.39, 0.29) is 11.7 Å². The maximum atomic E-state index is 11.5. The quantitative estimate of drug-likeness (QED) is 0.762. The molecule has 1 aromatic rings. The maximum Gasteiger partial charge on any atom is 0.237 e. The summed E-state index contributed by atoms with van der Waals surface area (Å²) >= 11 is 0. The van der Waals surface area contributed by atoms with E-state index < -0.39 is 0 Å². The van der Waals surface area contributed by atoms with E-state index in [9.17, 15) is 4.79 Å². The molecular weight excluding hydrogens is 206 g/mol. The van der Waals surface area contributed by atoms with Gasteiger partial charge in [0.1, 0.15) is 5.78 Å². The Morgan fingerprint density at radius 3 is 2.94 bits per heavy atom. The van der Waals surface area contributed by atoms with Crippen LogP contribution in [0.15, 0.2) is 4.52 Å². The van der Waals surface area contributed by atoms with Crippen molar-refractivity contribution >= 4 is 5.78 Å². The van der Waals surface area contributed by atoms with Crippen molar-refractivity contribution in [1.82, 2.24) is 15.0 Å². The van der Waals surface area contributed by atoms with Gasteiger partial charge in [-0.1, -0.05) is 5.16 Å². The highest BCUT2D eigenvalue weighted by Gasteiger charge is 2.30. The van der Waals surface area contributed by atoms with Crippen molar-refractivity contribution in [2.24, 2.45) is 0 Å². The lowest BCUT2D eigenvalue weighted by Crippen LogP contribution is -2.15. The highest BCUT2D eigenvalue weighted by molar-refractivity contribution is 5.86. The molecule has 1 unspecified atom stereocenters. The summed E-state index contributed by atoms with van der Waals surface area (Å²) in [5, 5.41) is 3.90. The molecule has 0 bridgehead atoms. The van der Waals surface area contributed by atoms with Crippen molar-refractivity contribution in [3.63, 3.8) is 0 Å². The van der Waals surface area contributed by atoms with Crippen molar-refractivity contribution in [3.8, 4) is 0 Å². The van der Waals surface area contributed by atoms with Crippen LogP contribution in [0.5, 0.6) is 0 Å². The third-order valence-electron chi connectivity index (χ3n) is 2.87. The maximum absolute atomic E-state index is 11.5. The normalized spacial score (nSPS) is 20.9. The van der Waals surface area contributed by atoms with E-state index >= 15 is 0 Å². The predicted octanol–water partition coefficient (Wildman–Crippen LogP) is 1.01. The van der Waals surface area contributed by atoms with Crippen molar-refractivity contribution in [2.75, 3.05) is 20.6 Å². The zero-order valence-electron chi connectivity index (χ0n) is 9.77. The molecule has 0 N–H and O–H groups in total. The molecule has 0 spiro atoms. The number of hydrogen-bond acceptors (Lipinski definition) is 5. The van der Waals surface area contributed by atoms with Crippen LogP contribution in [0.25, 0.3) is 0 Å². The Morgan fingerprint density at radius 2 is 2.31 bits per heavy atom. The average Bonchev–Trinajstić information content (AvgIpc) is 2.83. The van der Waals surface area contributed by atoms with Gasteiger partial charge in [-0.15, -0.1) is 0 Å². The highest BCUT2D eigenvalue weighted by Crippen LogP contribution is 2.29. The van der Waals surface area contributed by atoms with Gasteiger partial charge in [0.2, 0.25) is 5.89 Å². The number of likely N-dealkylation sites (N-methyl/N-ethyl adjacent to an activating group) is 1. The van der Waals surface area contributed by atoms with E-state index in [4.69, 9.17) is 4.52 Å². The van der Waals surface area contributed by atoms with Crippen LogP contribution >= 0.6 is 0 Å². The summed E-state index contributed by atoms with van der Waals surface area (Å²) in [5.41, 5.74) is 0. The number of carbonyl (C=O) groups excluding carboxylic acids is 1. The van der Waals surface area contributed by atoms with Crippen molar-refractivity contribution < 1.29 is 9.32 Å². The Balaban J connectivity index is 1.99. The first-order chi connectivity index (χ1) is 7.66. The third kappa shape index (κ3) is 2.47. The van der Waals surface area contributed by atoms with E-state index in [1.54, 1.807) is 0 Å². The van der Waals surface area contributed by atoms with Crippen LogP contribution in [-0.2, 0) is 11.2 Å². The van der Waals surface area contributed by atoms with E-state index in [0.29, 0.717) is 18.1 Å². The van der Waals surface area contributed by atoms with Crippen LogP contribution in [0.4, 0.5) is 0 Å². The van der Waals surface area contributed by atoms with Crippen LogP contribution < -0.4 is 0 Å². The van der Waals surface area contributed by atoms with Gasteiger partial charge in [0.05, 0.1) is 5.92 Å². The van der Waals surface area contributed by atoms with Gasteiger partial charge in [0, 0.05) is 19.4 Å². The number of aromatic nitrogens is 2. The monoisotopic (exact) mass is 223 g/mol. The SMILES string of the molecule is CN(C)CCc1noc(C2CCCC2=O)n1. The second kappa shape index (κ2) is 4.74. The minimum atomic E-state index is -0.138. The topological polar surface area (TPSA) is 59.2 Å². The first-order valence-corrected chi connectivity index (χ1v) is 5.67. The number of nitrogens with zero attached hydrogens (tertiary/aromatic N) is 3. The van der Waals surface area contributed by atoms with Gasteiger partial charge in [0.15, 0.2) is 5.82 Å². The lowest BCUT2D eigenvalue weighted by atomic mass is 10.1. The molecular formula is C11H17N3O2. The molecule has 2 rings (SSSR count). The fourth-order valence-electron chi connectivity index (χ4n) is 1.91. The predicted molar refractivity (Wildman–Crippen MR) is 58.2 cm³/mol. The molecule has 1 aliphatic carbocycles. The van der Waals surface area contributed by atoms with Gasteiger partial charge in [0.25, 0.3) is 0 Å². The van der Waals surface area contributed by atoms with Crippen LogP contribution in [0.3, 0.4) is 0 Å². The largest absolute Gasteiger partial charge is 0.339 e. The molecule has 0 saturated heterocycles. The summed E-state index contributed by atoms with van der Waals surface area (Å²) in [6, 6.07) is 0. The van der Waals surface area contributed by atoms with Crippen molar-refractivity contribution in [2.45, 2.75) is 31.6 Å². The first-order valence-electron chi connectivity index (χ1n) is 5.67. The lowest BCUT2D eigenvalue weighted by molar-refractivity contribution is -0.119. The zero-order valence-corrected chi connectivity index (χ0v) is 9.77. The van der Waals surface area contributed by atoms with Gasteiger partial charge in [-0.2, -0.15) is 4.98 Å². The summed E-state index contributed by atoms with van der Waals surface area (Å²) in [5.74, 6) is 1.31. The Hall–Kier alpha value is -1.23. The zero-order chi connectivity index (χ0) is 11.5. The summed E-state index contributed by atoms with van der Waals surface area (Å²) in [4.78, 5) is 17.9. The number of rotatable bonds is 4. The minimum absolute atomic E-state index is 0.138. The van der Waals surface area contributed by atoms with Gasteiger partial charge >= 0.3 is 0 Å². The molecule has 5 nitrogen and oxygen atoms in total. The molecule has 1 fully saturated rings. The number of Topliss-reactive ketones (excluding diaryl/α,β-unsaturated/α-hetero) is 1. The summed E-state index contributed by atoms with van der Waals surface area (Å²) in [6.45, 7) is 0.886. The second-order valence-corrected chi connectivity index (χ2v) is 4.51. The molecule has 1 aliphatic rings. The molecule has 0 amide bonds. The van der Waals surface area contributed by atoms with Crippen LogP contribution in [0, 0.1) is 0 Å². The molecule has 0 radical (unpaired) electrons. The smallest absolute Gasteiger partial charge is 0.237 e. The second-order valence-electron chi connectivity index (χ2n) is 4.51. The van der Waals surface area contributed by atoms with Gasteiger partial charge in [-0.3, -0.25) is 4.79 Å². The van der Waals surface area contributed by atoms with E-state index in [2.05, 4.69) is 15.0 Å². The standard InChI is InChI=1S/C11H17N3O2/c1-14(2)7-6-10-12-11(16-13-10)8-4-3-5-9(8)15/h8H,3-7H2,1-2H3. The van der Waals surface area contributed by atoms with Crippen LogP contribution in [0.1, 0.15) is 36.9 Å². The molecule has 1 aromatic heterocycles. The number of ketones is 1. The Labute approximate surface area is 94.8 Å². The van der Waals surface area contributed by atoms with E-state index in [1.807, 2.05) is 14.1 Å². The highest BCUT2D eigenvalue weighted by atomic mass is 16.5. The molecule has 5 heteroatoms. The molecule has 1 atom stereocenters. The van der Waals surface area contributed by atoms with Crippen molar-refractivity contribution in [1.29, 1.82) is 0 Å². The Kier molecular flexibility index (Phi) is 3.33. The molecule has 0 aromatic carbocycles. The number of hydrogen-bond donors (Lipinski definition) is 0. The third-order valence-corrected chi connectivity index (χ3v) is 2.87. The van der Waals surface area contributed by atoms with Crippen LogP contribution in [-0.4, -0.2) is 41.5 Å². The van der Waals surface area contributed by atoms with E-state index in [1.165, 1.54) is 0 Å². The Bertz CT molecular complexity index is 373. The van der Waals surface area contributed by atoms with Gasteiger partial charge in [-0.05, 0) is 26.9 Å². The molecule has 16 heavy (non-hydrogen) atoms. The summed E-state index contributed by atoms with van der Waals surface area (Å²) < 4.78 is 5.15.